The van der Waals surface area contributed by atoms with Crippen molar-refractivity contribution in [1.82, 2.24) is 5.32 Å². The summed E-state index contributed by atoms with van der Waals surface area (Å²) >= 11 is 0. The van der Waals surface area contributed by atoms with Crippen LogP contribution in [-0.2, 0) is 14.3 Å². The second kappa shape index (κ2) is 8.39. The highest BCUT2D eigenvalue weighted by Crippen LogP contribution is 2.38. The predicted octanol–water partition coefficient (Wildman–Crippen LogP) is 3.70. The molecule has 1 aromatic rings. The third kappa shape index (κ3) is 4.09. The molecule has 1 heterocycles. The Bertz CT molecular complexity index is 704. The number of allylic oxidation sites excluding steroid dienone is 1. The number of para-hydroxylation sites is 1. The van der Waals surface area contributed by atoms with Gasteiger partial charge >= 0.3 is 5.97 Å². The number of rotatable bonds is 5. The highest BCUT2D eigenvalue weighted by molar-refractivity contribution is 5.96. The molecule has 1 N–H and O–H groups in total. The monoisotopic (exact) mass is 357 g/mol. The summed E-state index contributed by atoms with van der Waals surface area (Å²) in [6.07, 6.45) is 6.16. The molecule has 140 valence electrons. The fourth-order valence-corrected chi connectivity index (χ4v) is 4.02. The molecule has 5 heteroatoms. The number of hydrogen-bond acceptors (Lipinski definition) is 4. The van der Waals surface area contributed by atoms with Gasteiger partial charge in [-0.25, -0.2) is 4.79 Å². The number of hydrogen-bond donors (Lipinski definition) is 1. The van der Waals surface area contributed by atoms with E-state index in [1.165, 1.54) is 19.3 Å². The van der Waals surface area contributed by atoms with E-state index in [-0.39, 0.29) is 24.2 Å². The molecule has 26 heavy (non-hydrogen) atoms. The zero-order valence-corrected chi connectivity index (χ0v) is 15.5. The third-order valence-corrected chi connectivity index (χ3v) is 5.38. The van der Waals surface area contributed by atoms with E-state index in [9.17, 15) is 9.59 Å². The van der Waals surface area contributed by atoms with Crippen LogP contribution >= 0.6 is 0 Å². The van der Waals surface area contributed by atoms with Crippen molar-refractivity contribution in [3.05, 3.63) is 41.1 Å². The summed E-state index contributed by atoms with van der Waals surface area (Å²) in [6, 6.07) is 7.53. The van der Waals surface area contributed by atoms with E-state index in [4.69, 9.17) is 9.47 Å². The Morgan fingerprint density at radius 3 is 2.65 bits per heavy atom. The zero-order chi connectivity index (χ0) is 18.5. The second-order valence-corrected chi connectivity index (χ2v) is 7.19. The van der Waals surface area contributed by atoms with Gasteiger partial charge in [-0.2, -0.15) is 0 Å². The molecule has 1 saturated carbocycles. The Morgan fingerprint density at radius 1 is 1.19 bits per heavy atom. The molecule has 1 aliphatic heterocycles. The van der Waals surface area contributed by atoms with Crippen LogP contribution in [0.15, 0.2) is 35.5 Å². The fourth-order valence-electron chi connectivity index (χ4n) is 4.02. The first-order valence-corrected chi connectivity index (χ1v) is 9.40. The second-order valence-electron chi connectivity index (χ2n) is 7.19. The SMILES string of the molecule is COc1ccccc1[C@@H]1CC(=O)NC(C)=C1C(=O)OCC1CCCCC1. The van der Waals surface area contributed by atoms with Gasteiger partial charge in [-0.05, 0) is 31.7 Å². The number of amides is 1. The van der Waals surface area contributed by atoms with Crippen LogP contribution in [0.2, 0.25) is 0 Å². The minimum Gasteiger partial charge on any atom is -0.496 e. The molecule has 0 unspecified atom stereocenters. The molecule has 5 nitrogen and oxygen atoms in total. The van der Waals surface area contributed by atoms with Gasteiger partial charge in [0.05, 0.1) is 19.3 Å². The number of benzene rings is 1. The number of nitrogens with one attached hydrogen (secondary N) is 1. The normalized spacial score (nSPS) is 21.3. The summed E-state index contributed by atoms with van der Waals surface area (Å²) in [5.74, 6) is 0.360. The Morgan fingerprint density at radius 2 is 1.92 bits per heavy atom. The number of methoxy groups -OCH3 is 1. The Hall–Kier alpha value is -2.30. The maximum absolute atomic E-state index is 12.9. The van der Waals surface area contributed by atoms with Gasteiger partial charge in [-0.15, -0.1) is 0 Å². The van der Waals surface area contributed by atoms with Crippen molar-refractivity contribution in [3.8, 4) is 5.75 Å². The smallest absolute Gasteiger partial charge is 0.336 e. The van der Waals surface area contributed by atoms with E-state index in [2.05, 4.69) is 5.32 Å². The van der Waals surface area contributed by atoms with Gasteiger partial charge in [0.15, 0.2) is 0 Å². The van der Waals surface area contributed by atoms with E-state index in [0.717, 1.165) is 18.4 Å². The van der Waals surface area contributed by atoms with E-state index in [1.807, 2.05) is 24.3 Å². The van der Waals surface area contributed by atoms with Gasteiger partial charge in [0.2, 0.25) is 5.91 Å². The lowest BCUT2D eigenvalue weighted by Gasteiger charge is -2.28. The van der Waals surface area contributed by atoms with Crippen molar-refractivity contribution in [2.75, 3.05) is 13.7 Å². The largest absolute Gasteiger partial charge is 0.496 e. The standard InChI is InChI=1S/C21H27NO4/c1-14-20(21(24)26-13-15-8-4-3-5-9-15)17(12-19(23)22-14)16-10-6-7-11-18(16)25-2/h6-7,10-11,15,17H,3-5,8-9,12-13H2,1-2H3,(H,22,23)/t17-/m0/s1. The molecule has 1 aliphatic carbocycles. The summed E-state index contributed by atoms with van der Waals surface area (Å²) in [4.78, 5) is 25.0. The average molecular weight is 357 g/mol. The summed E-state index contributed by atoms with van der Waals surface area (Å²) in [6.45, 7) is 2.22. The first-order chi connectivity index (χ1) is 12.6. The molecular weight excluding hydrogens is 330 g/mol. The van der Waals surface area contributed by atoms with Crippen LogP contribution in [0.5, 0.6) is 5.75 Å². The highest BCUT2D eigenvalue weighted by atomic mass is 16.5. The molecule has 1 fully saturated rings. The molecule has 1 aromatic carbocycles. The van der Waals surface area contributed by atoms with Gasteiger partial charge in [0, 0.05) is 23.6 Å². The molecule has 0 bridgehead atoms. The maximum atomic E-state index is 12.9. The quantitative estimate of drug-likeness (QED) is 0.816. The number of carbonyl (C=O) groups excluding carboxylic acids is 2. The van der Waals surface area contributed by atoms with Crippen molar-refractivity contribution in [3.63, 3.8) is 0 Å². The van der Waals surface area contributed by atoms with Crippen LogP contribution in [-0.4, -0.2) is 25.6 Å². The molecule has 0 spiro atoms. The summed E-state index contributed by atoms with van der Waals surface area (Å²) in [5, 5.41) is 2.78. The third-order valence-electron chi connectivity index (χ3n) is 5.38. The number of esters is 1. The van der Waals surface area contributed by atoms with Crippen LogP contribution in [0.1, 0.15) is 56.9 Å². The van der Waals surface area contributed by atoms with E-state index in [0.29, 0.717) is 29.5 Å². The molecule has 0 radical (unpaired) electrons. The first kappa shape index (κ1) is 18.5. The van der Waals surface area contributed by atoms with Crippen LogP contribution in [0, 0.1) is 5.92 Å². The van der Waals surface area contributed by atoms with Gasteiger partial charge in [0.1, 0.15) is 5.75 Å². The van der Waals surface area contributed by atoms with Crippen molar-refractivity contribution in [1.29, 1.82) is 0 Å². The number of carbonyl (C=O) groups is 2. The van der Waals surface area contributed by atoms with Gasteiger partial charge in [-0.3, -0.25) is 4.79 Å². The van der Waals surface area contributed by atoms with Gasteiger partial charge in [-0.1, -0.05) is 37.5 Å². The van der Waals surface area contributed by atoms with Crippen LogP contribution in [0.25, 0.3) is 0 Å². The van der Waals surface area contributed by atoms with Crippen LogP contribution in [0.4, 0.5) is 0 Å². The minimum absolute atomic E-state index is 0.0952. The van der Waals surface area contributed by atoms with Gasteiger partial charge < -0.3 is 14.8 Å². The Labute approximate surface area is 154 Å². The van der Waals surface area contributed by atoms with Crippen LogP contribution in [0.3, 0.4) is 0 Å². The molecular formula is C21H27NO4. The molecule has 1 atom stereocenters. The molecule has 0 aromatic heterocycles. The fraction of sp³-hybridized carbons (Fsp3) is 0.524. The average Bonchev–Trinajstić information content (AvgIpc) is 2.66. The van der Waals surface area contributed by atoms with Crippen molar-refractivity contribution in [2.45, 2.75) is 51.4 Å². The first-order valence-electron chi connectivity index (χ1n) is 9.40. The lowest BCUT2D eigenvalue weighted by atomic mass is 9.84. The van der Waals surface area contributed by atoms with E-state index in [1.54, 1.807) is 14.0 Å². The number of ether oxygens (including phenoxy) is 2. The maximum Gasteiger partial charge on any atom is 0.336 e. The van der Waals surface area contributed by atoms with E-state index < -0.39 is 0 Å². The zero-order valence-electron chi connectivity index (χ0n) is 15.5. The van der Waals surface area contributed by atoms with E-state index >= 15 is 0 Å². The molecule has 3 rings (SSSR count). The summed E-state index contributed by atoms with van der Waals surface area (Å²) < 4.78 is 11.1. The minimum atomic E-state index is -0.348. The summed E-state index contributed by atoms with van der Waals surface area (Å²) in [7, 11) is 1.60. The summed E-state index contributed by atoms with van der Waals surface area (Å²) in [5.41, 5.74) is 1.95. The lowest BCUT2D eigenvalue weighted by Crippen LogP contribution is -2.34. The topological polar surface area (TPSA) is 64.6 Å². The van der Waals surface area contributed by atoms with Gasteiger partial charge in [0.25, 0.3) is 0 Å². The molecule has 2 aliphatic rings. The van der Waals surface area contributed by atoms with Crippen LogP contribution < -0.4 is 10.1 Å². The highest BCUT2D eigenvalue weighted by Gasteiger charge is 2.34. The Balaban J connectivity index is 1.82. The predicted molar refractivity (Wildman–Crippen MR) is 98.7 cm³/mol. The lowest BCUT2D eigenvalue weighted by molar-refractivity contribution is -0.141. The van der Waals surface area contributed by atoms with Crippen molar-refractivity contribution >= 4 is 11.9 Å². The molecule has 1 amide bonds. The Kier molecular flexibility index (Phi) is 5.96. The van der Waals surface area contributed by atoms with Crippen molar-refractivity contribution < 1.29 is 19.1 Å². The molecule has 0 saturated heterocycles. The van der Waals surface area contributed by atoms with Crippen molar-refractivity contribution in [2.24, 2.45) is 5.92 Å².